The molecule has 0 saturated carbocycles. The molecule has 0 aliphatic rings. The Labute approximate surface area is 110 Å². The molecule has 0 aromatic heterocycles. The average molecular weight is 269 g/mol. The Balaban J connectivity index is 2.99. The fourth-order valence-corrected chi connectivity index (χ4v) is 1.62. The SMILES string of the molecule is CCCCC(Oc1cccc(F)c1C(N)=O)C(=O)O. The van der Waals surface area contributed by atoms with E-state index in [4.69, 9.17) is 15.6 Å². The van der Waals surface area contributed by atoms with Crippen LogP contribution in [0.5, 0.6) is 5.75 Å². The number of carbonyl (C=O) groups is 2. The first-order valence-electron chi connectivity index (χ1n) is 5.95. The Bertz CT molecular complexity index is 476. The lowest BCUT2D eigenvalue weighted by Crippen LogP contribution is -2.28. The van der Waals surface area contributed by atoms with Crippen molar-refractivity contribution in [1.29, 1.82) is 0 Å². The number of aliphatic carboxylic acids is 1. The van der Waals surface area contributed by atoms with E-state index in [9.17, 15) is 14.0 Å². The highest BCUT2D eigenvalue weighted by Crippen LogP contribution is 2.23. The lowest BCUT2D eigenvalue weighted by atomic mass is 10.1. The molecule has 6 heteroatoms. The van der Waals surface area contributed by atoms with Crippen molar-refractivity contribution < 1.29 is 23.8 Å². The minimum Gasteiger partial charge on any atom is -0.479 e. The number of nitrogens with two attached hydrogens (primary N) is 1. The third-order valence-corrected chi connectivity index (χ3v) is 2.59. The number of primary amides is 1. The van der Waals surface area contributed by atoms with Crippen molar-refractivity contribution >= 4 is 11.9 Å². The monoisotopic (exact) mass is 269 g/mol. The van der Waals surface area contributed by atoms with E-state index in [1.165, 1.54) is 12.1 Å². The molecule has 1 aromatic carbocycles. The molecule has 5 nitrogen and oxygen atoms in total. The zero-order valence-electron chi connectivity index (χ0n) is 10.6. The first-order valence-corrected chi connectivity index (χ1v) is 5.95. The van der Waals surface area contributed by atoms with E-state index < -0.39 is 29.4 Å². The molecule has 0 aliphatic heterocycles. The summed E-state index contributed by atoms with van der Waals surface area (Å²) in [6, 6.07) is 3.72. The smallest absolute Gasteiger partial charge is 0.344 e. The number of carbonyl (C=O) groups excluding carboxylic acids is 1. The number of carboxylic acid groups (broad SMARTS) is 1. The molecule has 0 radical (unpaired) electrons. The molecule has 0 aliphatic carbocycles. The highest BCUT2D eigenvalue weighted by atomic mass is 19.1. The summed E-state index contributed by atoms with van der Waals surface area (Å²) in [6.45, 7) is 1.91. The summed E-state index contributed by atoms with van der Waals surface area (Å²) in [5.74, 6) is -3.12. The fourth-order valence-electron chi connectivity index (χ4n) is 1.62. The van der Waals surface area contributed by atoms with Crippen LogP contribution >= 0.6 is 0 Å². The van der Waals surface area contributed by atoms with Crippen molar-refractivity contribution in [2.24, 2.45) is 5.73 Å². The van der Waals surface area contributed by atoms with E-state index in [-0.39, 0.29) is 12.2 Å². The van der Waals surface area contributed by atoms with E-state index in [0.29, 0.717) is 6.42 Å². The first-order chi connectivity index (χ1) is 8.97. The Kier molecular flexibility index (Phi) is 5.29. The second-order valence-corrected chi connectivity index (χ2v) is 4.06. The van der Waals surface area contributed by atoms with Gasteiger partial charge in [0.2, 0.25) is 0 Å². The summed E-state index contributed by atoms with van der Waals surface area (Å²) in [7, 11) is 0. The number of ether oxygens (including phenoxy) is 1. The van der Waals surface area contributed by atoms with Crippen LogP contribution in [0.25, 0.3) is 0 Å². The molecule has 1 amide bonds. The van der Waals surface area contributed by atoms with E-state index >= 15 is 0 Å². The van der Waals surface area contributed by atoms with Crippen LogP contribution in [0.1, 0.15) is 36.5 Å². The van der Waals surface area contributed by atoms with E-state index in [1.54, 1.807) is 0 Å². The largest absolute Gasteiger partial charge is 0.479 e. The Morgan fingerprint density at radius 1 is 1.47 bits per heavy atom. The van der Waals surface area contributed by atoms with E-state index in [0.717, 1.165) is 12.5 Å². The quantitative estimate of drug-likeness (QED) is 0.791. The van der Waals surface area contributed by atoms with Crippen LogP contribution in [0.4, 0.5) is 4.39 Å². The predicted molar refractivity (Wildman–Crippen MR) is 66.5 cm³/mol. The molecule has 0 fully saturated rings. The first kappa shape index (κ1) is 14.9. The molecule has 3 N–H and O–H groups in total. The third kappa shape index (κ3) is 3.94. The minimum absolute atomic E-state index is 0.143. The van der Waals surface area contributed by atoms with Crippen molar-refractivity contribution in [1.82, 2.24) is 0 Å². The van der Waals surface area contributed by atoms with Gasteiger partial charge in [0.15, 0.2) is 6.10 Å². The van der Waals surface area contributed by atoms with Crippen molar-refractivity contribution in [3.63, 3.8) is 0 Å². The van der Waals surface area contributed by atoms with Crippen LogP contribution < -0.4 is 10.5 Å². The van der Waals surface area contributed by atoms with Gasteiger partial charge in [-0.1, -0.05) is 19.4 Å². The van der Waals surface area contributed by atoms with Gasteiger partial charge in [-0.15, -0.1) is 0 Å². The highest BCUT2D eigenvalue weighted by molar-refractivity contribution is 5.96. The number of unbranched alkanes of at least 4 members (excludes halogenated alkanes) is 1. The van der Waals surface area contributed by atoms with Crippen LogP contribution in [0.3, 0.4) is 0 Å². The molecule has 0 spiro atoms. The average Bonchev–Trinajstić information content (AvgIpc) is 2.33. The Morgan fingerprint density at radius 3 is 2.68 bits per heavy atom. The van der Waals surface area contributed by atoms with E-state index in [2.05, 4.69) is 0 Å². The zero-order chi connectivity index (χ0) is 14.4. The maximum absolute atomic E-state index is 13.5. The molecular formula is C13H16FNO4. The fraction of sp³-hybridized carbons (Fsp3) is 0.385. The zero-order valence-corrected chi connectivity index (χ0v) is 10.6. The molecule has 1 unspecified atom stereocenters. The van der Waals surface area contributed by atoms with Gasteiger partial charge in [-0.05, 0) is 25.0 Å². The summed E-state index contributed by atoms with van der Waals surface area (Å²) in [4.78, 5) is 22.2. The Morgan fingerprint density at radius 2 is 2.16 bits per heavy atom. The van der Waals surface area contributed by atoms with Gasteiger partial charge in [-0.3, -0.25) is 4.79 Å². The van der Waals surface area contributed by atoms with Crippen LogP contribution in [0.2, 0.25) is 0 Å². The molecule has 0 saturated heterocycles. The van der Waals surface area contributed by atoms with Crippen molar-refractivity contribution in [3.8, 4) is 5.75 Å². The van der Waals surface area contributed by atoms with Gasteiger partial charge in [-0.2, -0.15) is 0 Å². The number of hydrogen-bond donors (Lipinski definition) is 2. The summed E-state index contributed by atoms with van der Waals surface area (Å²) in [5, 5.41) is 9.03. The van der Waals surface area contributed by atoms with E-state index in [1.807, 2.05) is 6.92 Å². The lowest BCUT2D eigenvalue weighted by molar-refractivity contribution is -0.145. The molecule has 1 rings (SSSR count). The van der Waals surface area contributed by atoms with Gasteiger partial charge in [0.1, 0.15) is 17.1 Å². The predicted octanol–water partition coefficient (Wildman–Crippen LogP) is 1.95. The standard InChI is InChI=1S/C13H16FNO4/c1-2-3-6-10(13(17)18)19-9-7-4-5-8(14)11(9)12(15)16/h4-5,7,10H,2-3,6H2,1H3,(H2,15,16)(H,17,18). The summed E-state index contributed by atoms with van der Waals surface area (Å²) in [5.41, 5.74) is 4.64. The van der Waals surface area contributed by atoms with Gasteiger partial charge in [-0.25, -0.2) is 9.18 Å². The summed E-state index contributed by atoms with van der Waals surface area (Å²) in [6.07, 6.45) is 0.609. The van der Waals surface area contributed by atoms with Crippen LogP contribution in [0, 0.1) is 5.82 Å². The number of carboxylic acids is 1. The molecule has 0 heterocycles. The van der Waals surface area contributed by atoms with Crippen LogP contribution in [-0.4, -0.2) is 23.1 Å². The van der Waals surface area contributed by atoms with Crippen LogP contribution in [-0.2, 0) is 4.79 Å². The van der Waals surface area contributed by atoms with Gasteiger partial charge in [0, 0.05) is 0 Å². The minimum atomic E-state index is -1.16. The lowest BCUT2D eigenvalue weighted by Gasteiger charge is -2.16. The summed E-state index contributed by atoms with van der Waals surface area (Å²) >= 11 is 0. The van der Waals surface area contributed by atoms with Gasteiger partial charge in [0.25, 0.3) is 5.91 Å². The highest BCUT2D eigenvalue weighted by Gasteiger charge is 2.23. The van der Waals surface area contributed by atoms with Gasteiger partial charge < -0.3 is 15.6 Å². The van der Waals surface area contributed by atoms with Crippen molar-refractivity contribution in [2.75, 3.05) is 0 Å². The molecule has 19 heavy (non-hydrogen) atoms. The Hall–Kier alpha value is -2.11. The van der Waals surface area contributed by atoms with Crippen molar-refractivity contribution in [2.45, 2.75) is 32.3 Å². The molecule has 1 aromatic rings. The van der Waals surface area contributed by atoms with Gasteiger partial charge >= 0.3 is 5.97 Å². The number of benzene rings is 1. The summed E-state index contributed by atoms with van der Waals surface area (Å²) < 4.78 is 18.7. The van der Waals surface area contributed by atoms with Crippen LogP contribution in [0.15, 0.2) is 18.2 Å². The third-order valence-electron chi connectivity index (χ3n) is 2.59. The molecule has 0 bridgehead atoms. The normalized spacial score (nSPS) is 11.9. The second-order valence-electron chi connectivity index (χ2n) is 4.06. The molecule has 1 atom stereocenters. The van der Waals surface area contributed by atoms with Crippen molar-refractivity contribution in [3.05, 3.63) is 29.6 Å². The topological polar surface area (TPSA) is 89.6 Å². The maximum Gasteiger partial charge on any atom is 0.344 e. The second kappa shape index (κ2) is 6.72. The molecular weight excluding hydrogens is 253 g/mol. The number of halogens is 1. The number of amides is 1. The van der Waals surface area contributed by atoms with Gasteiger partial charge in [0.05, 0.1) is 0 Å². The maximum atomic E-state index is 13.5. The number of rotatable bonds is 7. The molecule has 104 valence electrons. The number of hydrogen-bond acceptors (Lipinski definition) is 3.